The second kappa shape index (κ2) is 12.0. The minimum absolute atomic E-state index is 0.628. The molecular weight excluding hydrogens is 414 g/mol. The van der Waals surface area contributed by atoms with Crippen molar-refractivity contribution in [1.82, 2.24) is 35.3 Å². The van der Waals surface area contributed by atoms with Gasteiger partial charge in [0.05, 0.1) is 13.1 Å². The van der Waals surface area contributed by atoms with Gasteiger partial charge < -0.3 is 15.5 Å². The van der Waals surface area contributed by atoms with Gasteiger partial charge in [0.15, 0.2) is 5.96 Å². The Hall–Kier alpha value is -3.46. The third-order valence-electron chi connectivity index (χ3n) is 5.69. The van der Waals surface area contributed by atoms with Crippen LogP contribution in [0.25, 0.3) is 0 Å². The van der Waals surface area contributed by atoms with Crippen LogP contribution in [0.15, 0.2) is 66.2 Å². The Morgan fingerprint density at radius 3 is 2.45 bits per heavy atom. The average Bonchev–Trinajstić information content (AvgIpc) is 3.37. The molecule has 0 aliphatic carbocycles. The second-order valence-corrected chi connectivity index (χ2v) is 7.97. The highest BCUT2D eigenvalue weighted by molar-refractivity contribution is 5.79. The number of guanidine groups is 1. The lowest BCUT2D eigenvalue weighted by molar-refractivity contribution is 0.260. The zero-order valence-electron chi connectivity index (χ0n) is 19.3. The van der Waals surface area contributed by atoms with Gasteiger partial charge in [-0.3, -0.25) is 9.58 Å². The number of piperazine rings is 1. The summed E-state index contributed by atoms with van der Waals surface area (Å²) in [5, 5.41) is 11.2. The van der Waals surface area contributed by atoms with Gasteiger partial charge >= 0.3 is 0 Å². The number of aliphatic imine (C=N–C) groups is 1. The first kappa shape index (κ1) is 22.7. The molecule has 4 rings (SSSR count). The molecule has 174 valence electrons. The summed E-state index contributed by atoms with van der Waals surface area (Å²) in [5.41, 5.74) is 2.45. The zero-order chi connectivity index (χ0) is 22.7. The van der Waals surface area contributed by atoms with Crippen molar-refractivity contribution in [2.75, 3.05) is 50.7 Å². The molecule has 1 aliphatic rings. The molecule has 0 atom stereocenters. The van der Waals surface area contributed by atoms with Gasteiger partial charge in [-0.1, -0.05) is 24.3 Å². The van der Waals surface area contributed by atoms with Crippen molar-refractivity contribution in [2.45, 2.75) is 20.0 Å². The Morgan fingerprint density at radius 2 is 1.73 bits per heavy atom. The van der Waals surface area contributed by atoms with Gasteiger partial charge in [-0.25, -0.2) is 15.0 Å². The van der Waals surface area contributed by atoms with E-state index in [-0.39, 0.29) is 0 Å². The first-order chi connectivity index (χ1) is 16.3. The number of aromatic nitrogens is 4. The van der Waals surface area contributed by atoms with E-state index in [1.165, 1.54) is 11.1 Å². The van der Waals surface area contributed by atoms with Gasteiger partial charge in [0, 0.05) is 70.6 Å². The van der Waals surface area contributed by atoms with Crippen molar-refractivity contribution >= 4 is 11.9 Å². The summed E-state index contributed by atoms with van der Waals surface area (Å²) < 4.78 is 1.94. The quantitative estimate of drug-likeness (QED) is 0.381. The predicted octanol–water partition coefficient (Wildman–Crippen LogP) is 1.60. The molecule has 3 heterocycles. The van der Waals surface area contributed by atoms with Crippen molar-refractivity contribution in [2.24, 2.45) is 4.99 Å². The number of anilines is 1. The molecule has 1 saturated heterocycles. The summed E-state index contributed by atoms with van der Waals surface area (Å²) in [6.07, 6.45) is 7.40. The number of rotatable bonds is 9. The Morgan fingerprint density at radius 1 is 0.939 bits per heavy atom. The molecule has 0 amide bonds. The van der Waals surface area contributed by atoms with Crippen LogP contribution in [0, 0.1) is 0 Å². The Labute approximate surface area is 195 Å². The molecule has 2 aromatic heterocycles. The smallest absolute Gasteiger partial charge is 0.225 e. The SMILES string of the molecule is CCNC(=NCc1ccccc1Cn1cccn1)NCCN1CCN(c2ncccn2)CC1. The molecular formula is C24H33N9. The van der Waals surface area contributed by atoms with E-state index in [1.807, 2.05) is 29.2 Å². The zero-order valence-corrected chi connectivity index (χ0v) is 19.3. The number of hydrogen-bond donors (Lipinski definition) is 2. The van der Waals surface area contributed by atoms with Crippen molar-refractivity contribution in [3.63, 3.8) is 0 Å². The normalized spacial score (nSPS) is 14.9. The van der Waals surface area contributed by atoms with Crippen LogP contribution in [-0.2, 0) is 13.1 Å². The lowest BCUT2D eigenvalue weighted by Gasteiger charge is -2.34. The number of nitrogens with zero attached hydrogens (tertiary/aromatic N) is 7. The van der Waals surface area contributed by atoms with E-state index in [2.05, 4.69) is 66.7 Å². The molecule has 0 bridgehead atoms. The largest absolute Gasteiger partial charge is 0.357 e. The second-order valence-electron chi connectivity index (χ2n) is 7.97. The highest BCUT2D eigenvalue weighted by atomic mass is 15.3. The van der Waals surface area contributed by atoms with Crippen LogP contribution in [0.5, 0.6) is 0 Å². The first-order valence-corrected chi connectivity index (χ1v) is 11.6. The number of nitrogens with one attached hydrogen (secondary N) is 2. The van der Waals surface area contributed by atoms with E-state index in [0.29, 0.717) is 6.54 Å². The minimum atomic E-state index is 0.628. The average molecular weight is 448 g/mol. The van der Waals surface area contributed by atoms with E-state index in [4.69, 9.17) is 4.99 Å². The summed E-state index contributed by atoms with van der Waals surface area (Å²) >= 11 is 0. The molecule has 0 saturated carbocycles. The van der Waals surface area contributed by atoms with E-state index >= 15 is 0 Å². The fourth-order valence-electron chi connectivity index (χ4n) is 3.90. The van der Waals surface area contributed by atoms with Crippen LogP contribution in [0.4, 0.5) is 5.95 Å². The fraction of sp³-hybridized carbons (Fsp3) is 0.417. The molecule has 9 heteroatoms. The topological polar surface area (TPSA) is 86.5 Å². The first-order valence-electron chi connectivity index (χ1n) is 11.6. The highest BCUT2D eigenvalue weighted by Gasteiger charge is 2.18. The standard InChI is InChI=1S/C24H33N9/c1-2-25-23(29-19-21-7-3-4-8-22(21)20-33-13-6-11-30-33)26-12-14-31-15-17-32(18-16-31)24-27-9-5-10-28-24/h3-11,13H,2,12,14-20H2,1H3,(H2,25,26,29). The number of hydrogen-bond acceptors (Lipinski definition) is 6. The highest BCUT2D eigenvalue weighted by Crippen LogP contribution is 2.12. The third-order valence-corrected chi connectivity index (χ3v) is 5.69. The molecule has 9 nitrogen and oxygen atoms in total. The van der Waals surface area contributed by atoms with Crippen LogP contribution in [0.1, 0.15) is 18.1 Å². The number of benzene rings is 1. The third kappa shape index (κ3) is 6.76. The summed E-state index contributed by atoms with van der Waals surface area (Å²) in [6, 6.07) is 12.2. The molecule has 1 fully saturated rings. The maximum atomic E-state index is 4.83. The lowest BCUT2D eigenvalue weighted by atomic mass is 10.1. The molecule has 1 aliphatic heterocycles. The van der Waals surface area contributed by atoms with Gasteiger partial charge in [0.25, 0.3) is 0 Å². The monoisotopic (exact) mass is 447 g/mol. The molecule has 0 spiro atoms. The Kier molecular flexibility index (Phi) is 8.24. The summed E-state index contributed by atoms with van der Waals surface area (Å²) in [5.74, 6) is 1.67. The maximum absolute atomic E-state index is 4.83. The van der Waals surface area contributed by atoms with E-state index < -0.39 is 0 Å². The molecule has 0 radical (unpaired) electrons. The lowest BCUT2D eigenvalue weighted by Crippen LogP contribution is -2.49. The van der Waals surface area contributed by atoms with Crippen molar-refractivity contribution in [3.8, 4) is 0 Å². The van der Waals surface area contributed by atoms with Gasteiger partial charge in [-0.05, 0) is 30.2 Å². The summed E-state index contributed by atoms with van der Waals surface area (Å²) in [6.45, 7) is 10.0. The molecule has 1 aromatic carbocycles. The Bertz CT molecular complexity index is 980. The van der Waals surface area contributed by atoms with Crippen LogP contribution in [-0.4, -0.2) is 76.4 Å². The van der Waals surface area contributed by atoms with Crippen molar-refractivity contribution in [3.05, 3.63) is 72.3 Å². The molecule has 0 unspecified atom stereocenters. The minimum Gasteiger partial charge on any atom is -0.357 e. The van der Waals surface area contributed by atoms with E-state index in [0.717, 1.165) is 64.3 Å². The van der Waals surface area contributed by atoms with Crippen LogP contribution in [0.3, 0.4) is 0 Å². The van der Waals surface area contributed by atoms with Gasteiger partial charge in [0.1, 0.15) is 0 Å². The predicted molar refractivity (Wildman–Crippen MR) is 131 cm³/mol. The fourth-order valence-corrected chi connectivity index (χ4v) is 3.90. The Balaban J connectivity index is 1.26. The van der Waals surface area contributed by atoms with Crippen LogP contribution < -0.4 is 15.5 Å². The summed E-state index contributed by atoms with van der Waals surface area (Å²) in [7, 11) is 0. The van der Waals surface area contributed by atoms with E-state index in [9.17, 15) is 0 Å². The molecule has 33 heavy (non-hydrogen) atoms. The molecule has 3 aromatic rings. The van der Waals surface area contributed by atoms with Gasteiger partial charge in [-0.15, -0.1) is 0 Å². The van der Waals surface area contributed by atoms with Crippen molar-refractivity contribution < 1.29 is 0 Å². The van der Waals surface area contributed by atoms with Crippen LogP contribution in [0.2, 0.25) is 0 Å². The van der Waals surface area contributed by atoms with Gasteiger partial charge in [-0.2, -0.15) is 5.10 Å². The summed E-state index contributed by atoms with van der Waals surface area (Å²) in [4.78, 5) is 18.3. The van der Waals surface area contributed by atoms with Crippen molar-refractivity contribution in [1.29, 1.82) is 0 Å². The van der Waals surface area contributed by atoms with Crippen LogP contribution >= 0.6 is 0 Å². The van der Waals surface area contributed by atoms with E-state index in [1.54, 1.807) is 12.4 Å². The maximum Gasteiger partial charge on any atom is 0.225 e. The molecule has 2 N–H and O–H groups in total. The van der Waals surface area contributed by atoms with Gasteiger partial charge in [0.2, 0.25) is 5.95 Å².